The molecule has 2 N–H and O–H groups in total. The molecule has 2 heterocycles. The van der Waals surface area contributed by atoms with Gasteiger partial charge in [-0.25, -0.2) is 9.97 Å². The summed E-state index contributed by atoms with van der Waals surface area (Å²) in [6, 6.07) is 0. The zero-order valence-corrected chi connectivity index (χ0v) is 13.1. The van der Waals surface area contributed by atoms with Crippen LogP contribution < -0.4 is 5.73 Å². The molecule has 1 aliphatic heterocycles. The van der Waals surface area contributed by atoms with E-state index in [1.807, 2.05) is 0 Å². The first-order chi connectivity index (χ1) is 8.56. The minimum atomic E-state index is 0.274. The van der Waals surface area contributed by atoms with E-state index in [1.54, 1.807) is 0 Å². The molecule has 0 saturated carbocycles. The van der Waals surface area contributed by atoms with Crippen molar-refractivity contribution in [2.24, 2.45) is 5.92 Å². The van der Waals surface area contributed by atoms with Gasteiger partial charge >= 0.3 is 0 Å². The average Bonchev–Trinajstić information content (AvgIpc) is 2.77. The van der Waals surface area contributed by atoms with Crippen LogP contribution >= 0.6 is 22.6 Å². The number of hydrogen-bond acceptors (Lipinski definition) is 4. The van der Waals surface area contributed by atoms with Crippen LogP contribution in [0.25, 0.3) is 0 Å². The van der Waals surface area contributed by atoms with E-state index in [9.17, 15) is 0 Å². The maximum atomic E-state index is 5.97. The molecule has 5 heteroatoms. The van der Waals surface area contributed by atoms with Crippen molar-refractivity contribution in [2.45, 2.75) is 45.6 Å². The van der Waals surface area contributed by atoms with Crippen molar-refractivity contribution in [2.75, 3.05) is 12.3 Å². The maximum Gasteiger partial charge on any atom is 0.140 e. The Morgan fingerprint density at radius 2 is 2.22 bits per heavy atom. The van der Waals surface area contributed by atoms with Gasteiger partial charge < -0.3 is 10.5 Å². The van der Waals surface area contributed by atoms with Crippen molar-refractivity contribution in [3.63, 3.8) is 0 Å². The summed E-state index contributed by atoms with van der Waals surface area (Å²) in [6.45, 7) is 5.24. The van der Waals surface area contributed by atoms with E-state index in [2.05, 4.69) is 46.4 Å². The average molecular weight is 361 g/mol. The molecule has 1 unspecified atom stereocenters. The summed E-state index contributed by atoms with van der Waals surface area (Å²) < 4.78 is 6.62. The van der Waals surface area contributed by atoms with E-state index in [-0.39, 0.29) is 6.10 Å². The smallest absolute Gasteiger partial charge is 0.140 e. The third kappa shape index (κ3) is 3.54. The Labute approximate surface area is 122 Å². The molecule has 100 valence electrons. The fourth-order valence-corrected chi connectivity index (χ4v) is 2.65. The van der Waals surface area contributed by atoms with Crippen LogP contribution in [0.3, 0.4) is 0 Å². The summed E-state index contributed by atoms with van der Waals surface area (Å²) in [5, 5.41) is 0. The molecule has 0 radical (unpaired) electrons. The van der Waals surface area contributed by atoms with E-state index < -0.39 is 0 Å². The lowest BCUT2D eigenvalue weighted by Crippen LogP contribution is -2.15. The fraction of sp³-hybridized carbons (Fsp3) is 0.692. The second-order valence-electron chi connectivity index (χ2n) is 5.22. The lowest BCUT2D eigenvalue weighted by Gasteiger charge is -2.13. The Balaban J connectivity index is 2.17. The summed E-state index contributed by atoms with van der Waals surface area (Å²) in [5.41, 5.74) is 7.05. The fourth-order valence-electron chi connectivity index (χ4n) is 2.19. The Morgan fingerprint density at radius 1 is 1.44 bits per heavy atom. The molecule has 1 atom stereocenters. The minimum absolute atomic E-state index is 0.274. The molecule has 4 nitrogen and oxygen atoms in total. The van der Waals surface area contributed by atoms with E-state index >= 15 is 0 Å². The predicted molar refractivity (Wildman–Crippen MR) is 80.4 cm³/mol. The molecular weight excluding hydrogens is 341 g/mol. The molecule has 1 aromatic rings. The highest BCUT2D eigenvalue weighted by Gasteiger charge is 2.19. The second kappa shape index (κ2) is 6.14. The van der Waals surface area contributed by atoms with Crippen LogP contribution in [0.15, 0.2) is 0 Å². The van der Waals surface area contributed by atoms with Gasteiger partial charge in [-0.05, 0) is 47.8 Å². The van der Waals surface area contributed by atoms with Crippen LogP contribution in [-0.2, 0) is 17.6 Å². The summed E-state index contributed by atoms with van der Waals surface area (Å²) in [4.78, 5) is 9.04. The van der Waals surface area contributed by atoms with Crippen LogP contribution in [-0.4, -0.2) is 22.7 Å². The van der Waals surface area contributed by atoms with Crippen LogP contribution in [0.2, 0.25) is 0 Å². The van der Waals surface area contributed by atoms with Crippen LogP contribution in [0.5, 0.6) is 0 Å². The highest BCUT2D eigenvalue weighted by atomic mass is 127. The Morgan fingerprint density at radius 3 is 2.83 bits per heavy atom. The molecule has 0 spiro atoms. The number of halogens is 1. The molecule has 2 rings (SSSR count). The van der Waals surface area contributed by atoms with Crippen molar-refractivity contribution >= 4 is 28.4 Å². The second-order valence-corrected chi connectivity index (χ2v) is 6.30. The van der Waals surface area contributed by atoms with Gasteiger partial charge in [0.1, 0.15) is 11.6 Å². The van der Waals surface area contributed by atoms with Gasteiger partial charge in [-0.15, -0.1) is 0 Å². The summed E-state index contributed by atoms with van der Waals surface area (Å²) in [5.74, 6) is 2.01. The Bertz CT molecular complexity index is 417. The number of hydrogen-bond donors (Lipinski definition) is 1. The highest BCUT2D eigenvalue weighted by molar-refractivity contribution is 14.1. The Hall–Kier alpha value is -0.430. The van der Waals surface area contributed by atoms with Crippen molar-refractivity contribution in [3.05, 3.63) is 15.1 Å². The zero-order valence-electron chi connectivity index (χ0n) is 10.9. The van der Waals surface area contributed by atoms with Crippen molar-refractivity contribution in [1.82, 2.24) is 9.97 Å². The molecule has 0 aromatic carbocycles. The van der Waals surface area contributed by atoms with Gasteiger partial charge in [0.15, 0.2) is 0 Å². The molecule has 0 amide bonds. The number of aromatic nitrogens is 2. The minimum Gasteiger partial charge on any atom is -0.383 e. The normalized spacial score (nSPS) is 19.7. The highest BCUT2D eigenvalue weighted by Crippen LogP contribution is 2.21. The largest absolute Gasteiger partial charge is 0.383 e. The number of nitrogen functional groups attached to an aromatic ring is 1. The number of anilines is 1. The topological polar surface area (TPSA) is 61.0 Å². The molecule has 1 aromatic heterocycles. The molecule has 1 fully saturated rings. The van der Waals surface area contributed by atoms with Gasteiger partial charge in [-0.2, -0.15) is 0 Å². The SMILES string of the molecule is CC(C)Cc1nc(CC2CCCO2)nc(N)c1I. The predicted octanol–water partition coefficient (Wildman–Crippen LogP) is 2.58. The molecule has 18 heavy (non-hydrogen) atoms. The molecule has 1 aliphatic rings. The first-order valence-corrected chi connectivity index (χ1v) is 7.56. The van der Waals surface area contributed by atoms with E-state index in [0.717, 1.165) is 47.4 Å². The zero-order chi connectivity index (χ0) is 13.1. The quantitative estimate of drug-likeness (QED) is 0.838. The number of rotatable bonds is 4. The van der Waals surface area contributed by atoms with E-state index in [1.165, 1.54) is 0 Å². The van der Waals surface area contributed by atoms with Gasteiger partial charge in [0, 0.05) is 13.0 Å². The van der Waals surface area contributed by atoms with Crippen molar-refractivity contribution in [1.29, 1.82) is 0 Å². The van der Waals surface area contributed by atoms with E-state index in [0.29, 0.717) is 11.7 Å². The lowest BCUT2D eigenvalue weighted by molar-refractivity contribution is 0.110. The Kier molecular flexibility index (Phi) is 4.77. The number of ether oxygens (including phenoxy) is 1. The van der Waals surface area contributed by atoms with Crippen LogP contribution in [0.4, 0.5) is 5.82 Å². The van der Waals surface area contributed by atoms with Crippen molar-refractivity contribution in [3.8, 4) is 0 Å². The van der Waals surface area contributed by atoms with Crippen molar-refractivity contribution < 1.29 is 4.74 Å². The maximum absolute atomic E-state index is 5.97. The summed E-state index contributed by atoms with van der Waals surface area (Å²) in [7, 11) is 0. The third-order valence-electron chi connectivity index (χ3n) is 3.03. The van der Waals surface area contributed by atoms with E-state index in [4.69, 9.17) is 10.5 Å². The van der Waals surface area contributed by atoms with Gasteiger partial charge in [-0.1, -0.05) is 13.8 Å². The number of nitrogens with two attached hydrogens (primary N) is 1. The molecule has 0 aliphatic carbocycles. The molecule has 0 bridgehead atoms. The first-order valence-electron chi connectivity index (χ1n) is 6.48. The van der Waals surface area contributed by atoms with Crippen LogP contribution in [0, 0.1) is 9.49 Å². The molecule has 1 saturated heterocycles. The standard InChI is InChI=1S/C13H20IN3O/c1-8(2)6-10-12(14)13(15)17-11(16-10)7-9-4-3-5-18-9/h8-9H,3-7H2,1-2H3,(H2,15,16,17). The third-order valence-corrected chi connectivity index (χ3v) is 4.20. The number of nitrogens with zero attached hydrogens (tertiary/aromatic N) is 2. The first kappa shape index (κ1) is 14.0. The van der Waals surface area contributed by atoms with Crippen LogP contribution in [0.1, 0.15) is 38.2 Å². The van der Waals surface area contributed by atoms with Gasteiger partial charge in [0.05, 0.1) is 15.4 Å². The monoisotopic (exact) mass is 361 g/mol. The van der Waals surface area contributed by atoms with Gasteiger partial charge in [0.25, 0.3) is 0 Å². The molecular formula is C13H20IN3O. The summed E-state index contributed by atoms with van der Waals surface area (Å²) in [6.07, 6.45) is 4.25. The van der Waals surface area contributed by atoms with Gasteiger partial charge in [-0.3, -0.25) is 0 Å². The summed E-state index contributed by atoms with van der Waals surface area (Å²) >= 11 is 2.24. The van der Waals surface area contributed by atoms with Gasteiger partial charge in [0.2, 0.25) is 0 Å². The lowest BCUT2D eigenvalue weighted by atomic mass is 10.1.